The minimum atomic E-state index is -0.329. The zero-order valence-electron chi connectivity index (χ0n) is 16.9. The molecular weight excluding hydrogens is 383 g/mol. The first-order valence-electron chi connectivity index (χ1n) is 9.95. The number of hydrogen-bond donors (Lipinski definition) is 1. The van der Waals surface area contributed by atoms with Crippen molar-refractivity contribution in [1.82, 2.24) is 0 Å². The number of ether oxygens (including phenoxy) is 2. The van der Waals surface area contributed by atoms with E-state index < -0.39 is 0 Å². The number of hydrogen-bond acceptors (Lipinski definition) is 4. The molecule has 0 fully saturated rings. The summed E-state index contributed by atoms with van der Waals surface area (Å²) in [6, 6.07) is 19.7. The van der Waals surface area contributed by atoms with Crippen LogP contribution in [0.3, 0.4) is 0 Å². The fourth-order valence-electron chi connectivity index (χ4n) is 3.15. The first-order chi connectivity index (χ1) is 14.6. The molecule has 4 nitrogen and oxygen atoms in total. The quantitative estimate of drug-likeness (QED) is 0.503. The van der Waals surface area contributed by atoms with Crippen LogP contribution in [0.1, 0.15) is 30.0 Å². The Morgan fingerprint density at radius 3 is 2.33 bits per heavy atom. The van der Waals surface area contributed by atoms with Gasteiger partial charge in [-0.1, -0.05) is 48.5 Å². The average Bonchev–Trinajstić information content (AvgIpc) is 2.78. The van der Waals surface area contributed by atoms with Gasteiger partial charge in [-0.15, -0.1) is 0 Å². The highest BCUT2D eigenvalue weighted by molar-refractivity contribution is 5.69. The van der Waals surface area contributed by atoms with Crippen LogP contribution in [0.4, 0.5) is 4.39 Å². The van der Waals surface area contributed by atoms with Crippen LogP contribution in [0.2, 0.25) is 0 Å². The third-order valence-electron chi connectivity index (χ3n) is 4.80. The van der Waals surface area contributed by atoms with Crippen LogP contribution in [-0.4, -0.2) is 17.7 Å². The van der Waals surface area contributed by atoms with E-state index in [-0.39, 0.29) is 25.0 Å². The summed E-state index contributed by atoms with van der Waals surface area (Å²) < 4.78 is 25.3. The van der Waals surface area contributed by atoms with Crippen LogP contribution < -0.4 is 4.74 Å². The van der Waals surface area contributed by atoms with Crippen molar-refractivity contribution < 1.29 is 23.8 Å². The van der Waals surface area contributed by atoms with Crippen LogP contribution in [0.25, 0.3) is 11.1 Å². The van der Waals surface area contributed by atoms with E-state index in [9.17, 15) is 14.3 Å². The predicted octanol–water partition coefficient (Wildman–Crippen LogP) is 5.06. The Hall–Kier alpha value is -3.18. The Balaban J connectivity index is 1.67. The van der Waals surface area contributed by atoms with E-state index in [0.29, 0.717) is 30.8 Å². The van der Waals surface area contributed by atoms with E-state index >= 15 is 0 Å². The summed E-state index contributed by atoms with van der Waals surface area (Å²) in [6.45, 7) is 2.23. The lowest BCUT2D eigenvalue weighted by Crippen LogP contribution is -2.05. The number of rotatable bonds is 9. The first-order valence-corrected chi connectivity index (χ1v) is 9.95. The number of aliphatic hydroxyl groups is 1. The van der Waals surface area contributed by atoms with Gasteiger partial charge in [0, 0.05) is 12.0 Å². The maximum atomic E-state index is 14.5. The van der Waals surface area contributed by atoms with E-state index in [2.05, 4.69) is 0 Å². The first kappa shape index (κ1) is 21.5. The maximum Gasteiger partial charge on any atom is 0.306 e. The van der Waals surface area contributed by atoms with Gasteiger partial charge in [0.2, 0.25) is 0 Å². The van der Waals surface area contributed by atoms with Gasteiger partial charge in [0.1, 0.15) is 18.2 Å². The topological polar surface area (TPSA) is 55.8 Å². The highest BCUT2D eigenvalue weighted by Crippen LogP contribution is 2.27. The fourth-order valence-corrected chi connectivity index (χ4v) is 3.15. The smallest absolute Gasteiger partial charge is 0.306 e. The average molecular weight is 408 g/mol. The zero-order chi connectivity index (χ0) is 21.3. The highest BCUT2D eigenvalue weighted by atomic mass is 19.1. The van der Waals surface area contributed by atoms with Crippen molar-refractivity contribution in [1.29, 1.82) is 0 Å². The molecule has 3 rings (SSSR count). The normalized spacial score (nSPS) is 10.6. The molecule has 0 saturated carbocycles. The van der Waals surface area contributed by atoms with Gasteiger partial charge in [0.15, 0.2) is 0 Å². The fraction of sp³-hybridized carbons (Fsp3) is 0.240. The Labute approximate surface area is 175 Å². The van der Waals surface area contributed by atoms with Gasteiger partial charge in [-0.2, -0.15) is 0 Å². The van der Waals surface area contributed by atoms with Crippen LogP contribution in [0, 0.1) is 5.82 Å². The van der Waals surface area contributed by atoms with E-state index in [1.165, 1.54) is 6.07 Å². The molecule has 0 spiro atoms. The molecule has 156 valence electrons. The van der Waals surface area contributed by atoms with Crippen molar-refractivity contribution in [2.24, 2.45) is 0 Å². The summed E-state index contributed by atoms with van der Waals surface area (Å²) in [5.74, 6) is 0.0847. The lowest BCUT2D eigenvalue weighted by molar-refractivity contribution is -0.143. The molecule has 0 unspecified atom stereocenters. The number of aliphatic hydroxyl groups excluding tert-OH is 1. The van der Waals surface area contributed by atoms with Crippen molar-refractivity contribution in [2.75, 3.05) is 6.61 Å². The van der Waals surface area contributed by atoms with Crippen molar-refractivity contribution in [3.63, 3.8) is 0 Å². The second-order valence-corrected chi connectivity index (χ2v) is 6.86. The summed E-state index contributed by atoms with van der Waals surface area (Å²) >= 11 is 0. The molecule has 30 heavy (non-hydrogen) atoms. The molecule has 0 bridgehead atoms. The zero-order valence-corrected chi connectivity index (χ0v) is 16.9. The second kappa shape index (κ2) is 10.6. The number of esters is 1. The number of aryl methyl sites for hydroxylation is 1. The molecule has 5 heteroatoms. The minimum absolute atomic E-state index is 0.0326. The third kappa shape index (κ3) is 5.67. The summed E-state index contributed by atoms with van der Waals surface area (Å²) in [5, 5.41) is 9.21. The van der Waals surface area contributed by atoms with Gasteiger partial charge in [0.25, 0.3) is 0 Å². The number of halogens is 1. The molecule has 0 aliphatic carbocycles. The van der Waals surface area contributed by atoms with Crippen molar-refractivity contribution in [3.8, 4) is 16.9 Å². The van der Waals surface area contributed by atoms with E-state index in [4.69, 9.17) is 9.47 Å². The molecule has 0 amide bonds. The lowest BCUT2D eigenvalue weighted by atomic mass is 9.98. The molecule has 3 aromatic rings. The van der Waals surface area contributed by atoms with Crippen LogP contribution in [0.5, 0.6) is 5.75 Å². The molecule has 0 aliphatic heterocycles. The lowest BCUT2D eigenvalue weighted by Gasteiger charge is -2.13. The van der Waals surface area contributed by atoms with Gasteiger partial charge >= 0.3 is 5.97 Å². The number of carbonyl (C=O) groups is 1. The third-order valence-corrected chi connectivity index (χ3v) is 4.80. The molecule has 0 atom stereocenters. The molecule has 0 aliphatic rings. The second-order valence-electron chi connectivity index (χ2n) is 6.86. The standard InChI is InChI=1S/C25H25FO4/c1-2-29-25(28)15-10-18-8-13-21(14-9-18)30-17-23-22(4-3-5-24(23)26)20-11-6-19(16-27)7-12-20/h3-9,11-14,27H,2,10,15-17H2,1H3. The Bertz CT molecular complexity index is 965. The Morgan fingerprint density at radius 2 is 1.67 bits per heavy atom. The van der Waals surface area contributed by atoms with E-state index in [0.717, 1.165) is 22.3 Å². The Kier molecular flexibility index (Phi) is 7.57. The van der Waals surface area contributed by atoms with Crippen molar-refractivity contribution >= 4 is 5.97 Å². The van der Waals surface area contributed by atoms with Gasteiger partial charge in [-0.3, -0.25) is 4.79 Å². The molecular formula is C25H25FO4. The van der Waals surface area contributed by atoms with Crippen molar-refractivity contribution in [3.05, 3.63) is 89.2 Å². The minimum Gasteiger partial charge on any atom is -0.489 e. The molecule has 0 saturated heterocycles. The van der Waals surface area contributed by atoms with Gasteiger partial charge in [0.05, 0.1) is 13.2 Å². The highest BCUT2D eigenvalue weighted by Gasteiger charge is 2.11. The van der Waals surface area contributed by atoms with Crippen molar-refractivity contribution in [2.45, 2.75) is 33.0 Å². The van der Waals surface area contributed by atoms with Gasteiger partial charge < -0.3 is 14.6 Å². The molecule has 0 aromatic heterocycles. The van der Waals surface area contributed by atoms with Crippen LogP contribution in [0.15, 0.2) is 66.7 Å². The largest absolute Gasteiger partial charge is 0.489 e. The summed E-state index contributed by atoms with van der Waals surface area (Å²) in [5.41, 5.74) is 3.90. The monoisotopic (exact) mass is 408 g/mol. The number of benzene rings is 3. The predicted molar refractivity (Wildman–Crippen MR) is 113 cm³/mol. The summed E-state index contributed by atoms with van der Waals surface area (Å²) in [6.07, 6.45) is 0.933. The number of carbonyl (C=O) groups excluding carboxylic acids is 1. The summed E-state index contributed by atoms with van der Waals surface area (Å²) in [4.78, 5) is 11.5. The van der Waals surface area contributed by atoms with E-state index in [1.54, 1.807) is 13.0 Å². The van der Waals surface area contributed by atoms with Gasteiger partial charge in [-0.25, -0.2) is 4.39 Å². The molecule has 0 heterocycles. The summed E-state index contributed by atoms with van der Waals surface area (Å²) in [7, 11) is 0. The van der Waals surface area contributed by atoms with E-state index in [1.807, 2.05) is 54.6 Å². The SMILES string of the molecule is CCOC(=O)CCc1ccc(OCc2c(F)cccc2-c2ccc(CO)cc2)cc1. The molecule has 3 aromatic carbocycles. The van der Waals surface area contributed by atoms with Crippen LogP contribution in [-0.2, 0) is 29.2 Å². The Morgan fingerprint density at radius 1 is 0.967 bits per heavy atom. The molecule has 0 radical (unpaired) electrons. The maximum absolute atomic E-state index is 14.5. The molecule has 1 N–H and O–H groups in total. The van der Waals surface area contributed by atoms with Crippen LogP contribution >= 0.6 is 0 Å². The van der Waals surface area contributed by atoms with Gasteiger partial charge in [-0.05, 0) is 53.8 Å².